The van der Waals surface area contributed by atoms with Crippen molar-refractivity contribution in [3.8, 4) is 22.8 Å². The summed E-state index contributed by atoms with van der Waals surface area (Å²) in [6, 6.07) is 25.1. The molecule has 0 saturated heterocycles. The summed E-state index contributed by atoms with van der Waals surface area (Å²) in [7, 11) is 3.77. The first-order chi connectivity index (χ1) is 16.7. The second-order valence-electron chi connectivity index (χ2n) is 10.1. The van der Waals surface area contributed by atoms with Crippen molar-refractivity contribution in [1.29, 1.82) is 0 Å². The van der Waals surface area contributed by atoms with Crippen molar-refractivity contribution < 1.29 is 4.74 Å². The van der Waals surface area contributed by atoms with Gasteiger partial charge in [-0.15, -0.1) is 5.10 Å². The van der Waals surface area contributed by atoms with Crippen LogP contribution in [0.3, 0.4) is 0 Å². The van der Waals surface area contributed by atoms with Gasteiger partial charge in [-0.2, -0.15) is 0 Å². The Morgan fingerprint density at radius 3 is 2.23 bits per heavy atom. The Morgan fingerprint density at radius 1 is 0.943 bits per heavy atom. The molecule has 0 aliphatic heterocycles. The average molecular weight is 487 g/mol. The maximum absolute atomic E-state index is 5.94. The Kier molecular flexibility index (Phi) is 7.24. The highest BCUT2D eigenvalue weighted by Crippen LogP contribution is 2.31. The molecule has 0 bridgehead atoms. The van der Waals surface area contributed by atoms with Crippen molar-refractivity contribution >= 4 is 12.2 Å². The zero-order valence-electron chi connectivity index (χ0n) is 21.4. The molecule has 0 fully saturated rings. The number of aromatic nitrogens is 3. The molecule has 0 spiro atoms. The standard InChI is InChI=1S/C29H34N4OS/c1-21-11-17-24(18-12-21)33-27(25-9-7-8-10-26(25)34-6)30-32(28(33)35)20-31(5)19-22-13-15-23(16-14-22)29(2,3)4/h7-18H,19-20H2,1-6H3. The summed E-state index contributed by atoms with van der Waals surface area (Å²) >= 11 is 5.94. The SMILES string of the molecule is COc1ccccc1-c1nn(CN(C)Cc2ccc(C(C)(C)C)cc2)c(=S)n1-c1ccc(C)cc1. The predicted octanol–water partition coefficient (Wildman–Crippen LogP) is 6.77. The Hall–Kier alpha value is -3.22. The minimum absolute atomic E-state index is 0.148. The van der Waals surface area contributed by atoms with Crippen LogP contribution in [0.1, 0.15) is 37.5 Å². The van der Waals surface area contributed by atoms with Gasteiger partial charge in [-0.1, -0.05) is 74.9 Å². The van der Waals surface area contributed by atoms with Gasteiger partial charge in [-0.25, -0.2) is 4.68 Å². The highest BCUT2D eigenvalue weighted by Gasteiger charge is 2.19. The number of para-hydroxylation sites is 1. The maximum atomic E-state index is 5.94. The van der Waals surface area contributed by atoms with Crippen molar-refractivity contribution in [1.82, 2.24) is 19.2 Å². The molecule has 35 heavy (non-hydrogen) atoms. The van der Waals surface area contributed by atoms with E-state index in [1.807, 2.05) is 33.5 Å². The molecule has 3 aromatic carbocycles. The second-order valence-corrected chi connectivity index (χ2v) is 10.4. The highest BCUT2D eigenvalue weighted by molar-refractivity contribution is 7.71. The van der Waals surface area contributed by atoms with Crippen LogP contribution in [0, 0.1) is 11.7 Å². The molecule has 0 N–H and O–H groups in total. The molecule has 5 nitrogen and oxygen atoms in total. The number of benzene rings is 3. The minimum Gasteiger partial charge on any atom is -0.496 e. The van der Waals surface area contributed by atoms with E-state index in [0.717, 1.165) is 29.4 Å². The third-order valence-electron chi connectivity index (χ3n) is 6.13. The van der Waals surface area contributed by atoms with Crippen LogP contribution in [0.2, 0.25) is 0 Å². The molecule has 0 aliphatic carbocycles. The molecule has 4 rings (SSSR count). The van der Waals surface area contributed by atoms with E-state index in [4.69, 9.17) is 22.1 Å². The molecule has 0 aliphatic rings. The summed E-state index contributed by atoms with van der Waals surface area (Å²) in [4.78, 5) is 2.22. The third-order valence-corrected chi connectivity index (χ3v) is 6.52. The Morgan fingerprint density at radius 2 is 1.60 bits per heavy atom. The molecule has 0 saturated carbocycles. The van der Waals surface area contributed by atoms with Gasteiger partial charge in [-0.3, -0.25) is 9.47 Å². The van der Waals surface area contributed by atoms with Crippen LogP contribution >= 0.6 is 12.2 Å². The van der Waals surface area contributed by atoms with Crippen LogP contribution in [-0.2, 0) is 18.6 Å². The van der Waals surface area contributed by atoms with Crippen LogP contribution < -0.4 is 4.74 Å². The van der Waals surface area contributed by atoms with Crippen molar-refractivity contribution in [3.05, 3.63) is 94.3 Å². The van der Waals surface area contributed by atoms with Crippen LogP contribution in [0.25, 0.3) is 17.1 Å². The Balaban J connectivity index is 1.68. The molecule has 0 atom stereocenters. The normalized spacial score (nSPS) is 11.7. The van der Waals surface area contributed by atoms with E-state index in [2.05, 4.69) is 88.2 Å². The first-order valence-corrected chi connectivity index (χ1v) is 12.3. The summed E-state index contributed by atoms with van der Waals surface area (Å²) in [6.45, 7) is 10.2. The summed E-state index contributed by atoms with van der Waals surface area (Å²) < 4.78 is 10.2. The predicted molar refractivity (Wildman–Crippen MR) is 146 cm³/mol. The van der Waals surface area contributed by atoms with Gasteiger partial charge >= 0.3 is 0 Å². The van der Waals surface area contributed by atoms with Gasteiger partial charge in [-0.05, 0) is 67.0 Å². The highest BCUT2D eigenvalue weighted by atomic mass is 32.1. The summed E-state index contributed by atoms with van der Waals surface area (Å²) in [5.41, 5.74) is 5.83. The molecule has 1 heterocycles. The fourth-order valence-corrected chi connectivity index (χ4v) is 4.42. The lowest BCUT2D eigenvalue weighted by molar-refractivity contribution is 0.244. The zero-order chi connectivity index (χ0) is 25.2. The van der Waals surface area contributed by atoms with Crippen LogP contribution in [0.15, 0.2) is 72.8 Å². The van der Waals surface area contributed by atoms with Gasteiger partial charge in [0.2, 0.25) is 4.77 Å². The number of methoxy groups -OCH3 is 1. The fraction of sp³-hybridized carbons (Fsp3) is 0.310. The van der Waals surface area contributed by atoms with E-state index in [9.17, 15) is 0 Å². The molecule has 4 aromatic rings. The number of hydrogen-bond donors (Lipinski definition) is 0. The smallest absolute Gasteiger partial charge is 0.204 e. The molecule has 0 amide bonds. The van der Waals surface area contributed by atoms with Crippen molar-refractivity contribution in [2.45, 2.75) is 46.3 Å². The van der Waals surface area contributed by atoms with E-state index in [1.165, 1.54) is 16.7 Å². The summed E-state index contributed by atoms with van der Waals surface area (Å²) in [5, 5.41) is 4.97. The van der Waals surface area contributed by atoms with Crippen molar-refractivity contribution in [3.63, 3.8) is 0 Å². The fourth-order valence-electron chi connectivity index (χ4n) is 4.13. The third kappa shape index (κ3) is 5.55. The van der Waals surface area contributed by atoms with Gasteiger partial charge < -0.3 is 4.74 Å². The largest absolute Gasteiger partial charge is 0.496 e. The van der Waals surface area contributed by atoms with Gasteiger partial charge in [0.05, 0.1) is 19.3 Å². The second kappa shape index (κ2) is 10.2. The van der Waals surface area contributed by atoms with Gasteiger partial charge in [0.1, 0.15) is 5.75 Å². The average Bonchev–Trinajstić information content (AvgIpc) is 3.14. The monoisotopic (exact) mass is 486 g/mol. The molecular formula is C29H34N4OS. The van der Waals surface area contributed by atoms with Gasteiger partial charge in [0.25, 0.3) is 0 Å². The Bertz CT molecular complexity index is 1350. The minimum atomic E-state index is 0.148. The lowest BCUT2D eigenvalue weighted by Gasteiger charge is -2.20. The van der Waals surface area contributed by atoms with Crippen LogP contribution in [0.4, 0.5) is 0 Å². The van der Waals surface area contributed by atoms with E-state index in [0.29, 0.717) is 11.4 Å². The summed E-state index contributed by atoms with van der Waals surface area (Å²) in [5.74, 6) is 1.53. The molecular weight excluding hydrogens is 452 g/mol. The lowest BCUT2D eigenvalue weighted by Crippen LogP contribution is -2.22. The maximum Gasteiger partial charge on any atom is 0.204 e. The van der Waals surface area contributed by atoms with E-state index < -0.39 is 0 Å². The van der Waals surface area contributed by atoms with Gasteiger partial charge in [0, 0.05) is 12.2 Å². The number of rotatable bonds is 7. The van der Waals surface area contributed by atoms with Crippen molar-refractivity contribution in [2.75, 3.05) is 14.2 Å². The Labute approximate surface area is 213 Å². The zero-order valence-corrected chi connectivity index (χ0v) is 22.3. The molecule has 1 aromatic heterocycles. The van der Waals surface area contributed by atoms with Gasteiger partial charge in [0.15, 0.2) is 5.82 Å². The first-order valence-electron chi connectivity index (χ1n) is 11.9. The number of aryl methyl sites for hydroxylation is 1. The van der Waals surface area contributed by atoms with E-state index in [1.54, 1.807) is 7.11 Å². The van der Waals surface area contributed by atoms with Crippen LogP contribution in [0.5, 0.6) is 5.75 Å². The molecule has 0 radical (unpaired) electrons. The summed E-state index contributed by atoms with van der Waals surface area (Å²) in [6.07, 6.45) is 0. The van der Waals surface area contributed by atoms with E-state index in [-0.39, 0.29) is 5.41 Å². The number of ether oxygens (including phenoxy) is 1. The van der Waals surface area contributed by atoms with Crippen molar-refractivity contribution in [2.24, 2.45) is 0 Å². The first kappa shape index (κ1) is 24.9. The van der Waals surface area contributed by atoms with Crippen LogP contribution in [-0.4, -0.2) is 33.4 Å². The topological polar surface area (TPSA) is 35.2 Å². The van der Waals surface area contributed by atoms with E-state index >= 15 is 0 Å². The molecule has 182 valence electrons. The number of hydrogen-bond acceptors (Lipinski definition) is 4. The molecule has 6 heteroatoms. The number of nitrogens with zero attached hydrogens (tertiary/aromatic N) is 4. The molecule has 0 unspecified atom stereocenters. The quantitative estimate of drug-likeness (QED) is 0.270. The lowest BCUT2D eigenvalue weighted by atomic mass is 9.87.